The molecule has 0 heterocycles. The number of hydrogen-bond donors (Lipinski definition) is 2. The van der Waals surface area contributed by atoms with Crippen LogP contribution >= 0.6 is 0 Å². The lowest BCUT2D eigenvalue weighted by atomic mass is 9.78. The monoisotopic (exact) mass is 310 g/mol. The molecule has 0 aromatic heterocycles. The van der Waals surface area contributed by atoms with E-state index in [-0.39, 0.29) is 5.41 Å². The first-order valence-electron chi connectivity index (χ1n) is 8.53. The normalized spacial score (nSPS) is 11.8. The molecule has 23 heavy (non-hydrogen) atoms. The molecule has 2 aromatic carbocycles. The largest absolute Gasteiger partial charge is 0.383 e. The maximum Gasteiger partial charge on any atom is 0.0342 e. The fourth-order valence-corrected chi connectivity index (χ4v) is 2.80. The number of nitrogens with one attached hydrogen (secondary N) is 2. The molecule has 0 aliphatic heterocycles. The lowest BCUT2D eigenvalue weighted by Crippen LogP contribution is -2.19. The summed E-state index contributed by atoms with van der Waals surface area (Å²) in [6, 6.07) is 18.5. The van der Waals surface area contributed by atoms with Gasteiger partial charge in [-0.05, 0) is 63.1 Å². The minimum Gasteiger partial charge on any atom is -0.383 e. The summed E-state index contributed by atoms with van der Waals surface area (Å²) in [4.78, 5) is 0. The summed E-state index contributed by atoms with van der Waals surface area (Å²) in [7, 11) is 0. The molecule has 0 bridgehead atoms. The van der Waals surface area contributed by atoms with Crippen LogP contribution in [0.25, 0.3) is 0 Å². The fourth-order valence-electron chi connectivity index (χ4n) is 2.80. The van der Waals surface area contributed by atoms with Crippen molar-refractivity contribution in [1.82, 2.24) is 0 Å². The van der Waals surface area contributed by atoms with Crippen molar-refractivity contribution in [3.05, 3.63) is 59.7 Å². The SMILES string of the molecule is CC(C)Nc1ccc(C(C)(C)c2ccc(NC(C)C)cc2)cc1. The summed E-state index contributed by atoms with van der Waals surface area (Å²) in [5.74, 6) is 0. The van der Waals surface area contributed by atoms with Gasteiger partial charge in [0.1, 0.15) is 0 Å². The lowest BCUT2D eigenvalue weighted by molar-refractivity contribution is 0.641. The number of hydrogen-bond acceptors (Lipinski definition) is 2. The van der Waals surface area contributed by atoms with Crippen LogP contribution < -0.4 is 10.6 Å². The summed E-state index contributed by atoms with van der Waals surface area (Å²) in [6.07, 6.45) is 0. The van der Waals surface area contributed by atoms with Gasteiger partial charge < -0.3 is 10.6 Å². The predicted molar refractivity (Wildman–Crippen MR) is 103 cm³/mol. The van der Waals surface area contributed by atoms with Crippen molar-refractivity contribution in [2.45, 2.75) is 59.0 Å². The van der Waals surface area contributed by atoms with Gasteiger partial charge in [0, 0.05) is 28.9 Å². The zero-order chi connectivity index (χ0) is 17.0. The molecule has 0 saturated carbocycles. The van der Waals surface area contributed by atoms with E-state index in [2.05, 4.69) is 101 Å². The molecule has 0 radical (unpaired) electrons. The van der Waals surface area contributed by atoms with Gasteiger partial charge in [-0.2, -0.15) is 0 Å². The maximum atomic E-state index is 3.44. The Morgan fingerprint density at radius 3 is 1.17 bits per heavy atom. The van der Waals surface area contributed by atoms with E-state index in [1.54, 1.807) is 0 Å². The highest BCUT2D eigenvalue weighted by atomic mass is 14.9. The van der Waals surface area contributed by atoms with Crippen molar-refractivity contribution in [2.24, 2.45) is 0 Å². The van der Waals surface area contributed by atoms with Crippen LogP contribution in [0, 0.1) is 0 Å². The average Bonchev–Trinajstić information content (AvgIpc) is 2.47. The van der Waals surface area contributed by atoms with Gasteiger partial charge in [-0.15, -0.1) is 0 Å². The molecule has 2 aromatic rings. The Bertz CT molecular complexity index is 552. The molecule has 124 valence electrons. The van der Waals surface area contributed by atoms with Crippen molar-refractivity contribution in [2.75, 3.05) is 10.6 Å². The van der Waals surface area contributed by atoms with Crippen LogP contribution in [0.3, 0.4) is 0 Å². The van der Waals surface area contributed by atoms with Crippen molar-refractivity contribution in [3.8, 4) is 0 Å². The van der Waals surface area contributed by atoms with Gasteiger partial charge >= 0.3 is 0 Å². The molecule has 0 aliphatic rings. The van der Waals surface area contributed by atoms with Crippen LogP contribution in [0.5, 0.6) is 0 Å². The highest BCUT2D eigenvalue weighted by molar-refractivity contribution is 5.51. The quantitative estimate of drug-likeness (QED) is 0.720. The first-order valence-corrected chi connectivity index (χ1v) is 8.53. The van der Waals surface area contributed by atoms with E-state index in [0.717, 1.165) is 0 Å². The molecule has 0 saturated heterocycles. The van der Waals surface area contributed by atoms with Crippen molar-refractivity contribution in [3.63, 3.8) is 0 Å². The van der Waals surface area contributed by atoms with Crippen LogP contribution in [0.1, 0.15) is 52.7 Å². The Morgan fingerprint density at radius 1 is 0.609 bits per heavy atom. The molecule has 0 fully saturated rings. The highest BCUT2D eigenvalue weighted by Gasteiger charge is 2.22. The van der Waals surface area contributed by atoms with E-state index in [1.165, 1.54) is 22.5 Å². The summed E-state index contributed by atoms with van der Waals surface area (Å²) < 4.78 is 0. The van der Waals surface area contributed by atoms with E-state index in [4.69, 9.17) is 0 Å². The second kappa shape index (κ2) is 7.08. The molecule has 0 atom stereocenters. The van der Waals surface area contributed by atoms with E-state index in [0.29, 0.717) is 12.1 Å². The van der Waals surface area contributed by atoms with Gasteiger partial charge in [0.05, 0.1) is 0 Å². The smallest absolute Gasteiger partial charge is 0.0342 e. The lowest BCUT2D eigenvalue weighted by Gasteiger charge is -2.27. The highest BCUT2D eigenvalue weighted by Crippen LogP contribution is 2.32. The van der Waals surface area contributed by atoms with Gasteiger partial charge in [0.25, 0.3) is 0 Å². The van der Waals surface area contributed by atoms with Crippen LogP contribution in [-0.4, -0.2) is 12.1 Å². The minimum atomic E-state index is -0.00722. The Morgan fingerprint density at radius 2 is 0.913 bits per heavy atom. The van der Waals surface area contributed by atoms with Crippen LogP contribution in [0.2, 0.25) is 0 Å². The molecule has 2 heteroatoms. The van der Waals surface area contributed by atoms with Crippen molar-refractivity contribution in [1.29, 1.82) is 0 Å². The summed E-state index contributed by atoms with van der Waals surface area (Å²) in [5, 5.41) is 6.88. The summed E-state index contributed by atoms with van der Waals surface area (Å²) >= 11 is 0. The Balaban J connectivity index is 2.19. The molecule has 2 N–H and O–H groups in total. The third-order valence-electron chi connectivity index (χ3n) is 4.12. The maximum absolute atomic E-state index is 3.44. The second-order valence-corrected chi connectivity index (χ2v) is 7.38. The third-order valence-corrected chi connectivity index (χ3v) is 4.12. The van der Waals surface area contributed by atoms with E-state index in [1.807, 2.05) is 0 Å². The van der Waals surface area contributed by atoms with E-state index < -0.39 is 0 Å². The number of benzene rings is 2. The number of anilines is 2. The molecule has 2 rings (SSSR count). The van der Waals surface area contributed by atoms with Gasteiger partial charge in [-0.1, -0.05) is 38.1 Å². The molecular weight excluding hydrogens is 280 g/mol. The molecule has 0 aliphatic carbocycles. The average molecular weight is 310 g/mol. The van der Waals surface area contributed by atoms with Gasteiger partial charge in [-0.25, -0.2) is 0 Å². The summed E-state index contributed by atoms with van der Waals surface area (Å²) in [5.41, 5.74) is 5.01. The summed E-state index contributed by atoms with van der Waals surface area (Å²) in [6.45, 7) is 13.2. The number of rotatable bonds is 6. The van der Waals surface area contributed by atoms with E-state index in [9.17, 15) is 0 Å². The zero-order valence-electron chi connectivity index (χ0n) is 15.3. The van der Waals surface area contributed by atoms with Crippen LogP contribution in [0.15, 0.2) is 48.5 Å². The van der Waals surface area contributed by atoms with Crippen molar-refractivity contribution >= 4 is 11.4 Å². The zero-order valence-corrected chi connectivity index (χ0v) is 15.3. The van der Waals surface area contributed by atoms with Gasteiger partial charge in [0.15, 0.2) is 0 Å². The molecule has 0 amide bonds. The molecule has 0 spiro atoms. The van der Waals surface area contributed by atoms with Gasteiger partial charge in [0.2, 0.25) is 0 Å². The third kappa shape index (κ3) is 4.51. The Hall–Kier alpha value is -1.96. The topological polar surface area (TPSA) is 24.1 Å². The fraction of sp³-hybridized carbons (Fsp3) is 0.429. The van der Waals surface area contributed by atoms with Gasteiger partial charge in [-0.3, -0.25) is 0 Å². The van der Waals surface area contributed by atoms with E-state index >= 15 is 0 Å². The van der Waals surface area contributed by atoms with Crippen LogP contribution in [-0.2, 0) is 5.41 Å². The predicted octanol–water partition coefficient (Wildman–Crippen LogP) is 5.65. The van der Waals surface area contributed by atoms with Crippen LogP contribution in [0.4, 0.5) is 11.4 Å². The second-order valence-electron chi connectivity index (χ2n) is 7.38. The molecular formula is C21H30N2. The molecule has 0 unspecified atom stereocenters. The first kappa shape index (κ1) is 17.4. The molecule has 2 nitrogen and oxygen atoms in total. The minimum absolute atomic E-state index is 0.00722. The first-order chi connectivity index (χ1) is 10.8. The Labute approximate surface area is 141 Å². The van der Waals surface area contributed by atoms with Crippen molar-refractivity contribution < 1.29 is 0 Å². The Kier molecular flexibility index (Phi) is 5.35. The standard InChI is InChI=1S/C21H30N2/c1-15(2)22-19-11-7-17(8-12-19)21(5,6)18-9-13-20(14-10-18)23-16(3)4/h7-16,22-23H,1-6H3.